The van der Waals surface area contributed by atoms with Gasteiger partial charge in [0.25, 0.3) is 0 Å². The number of carbonyl (C=O) groups is 1. The first-order valence-electron chi connectivity index (χ1n) is 12.2. The van der Waals surface area contributed by atoms with Gasteiger partial charge in [-0.05, 0) is 69.1 Å². The van der Waals surface area contributed by atoms with Gasteiger partial charge in [0.1, 0.15) is 0 Å². The summed E-state index contributed by atoms with van der Waals surface area (Å²) in [6, 6.07) is 5.43. The summed E-state index contributed by atoms with van der Waals surface area (Å²) in [4.78, 5) is 11.9. The van der Waals surface area contributed by atoms with Crippen molar-refractivity contribution in [1.82, 2.24) is 5.32 Å². The Morgan fingerprint density at radius 1 is 0.765 bits per heavy atom. The van der Waals surface area contributed by atoms with Crippen LogP contribution < -0.4 is 5.32 Å². The molecule has 0 saturated carbocycles. The summed E-state index contributed by atoms with van der Waals surface area (Å²) in [5.41, 5.74) is 0.989. The molecule has 0 saturated heterocycles. The second-order valence-corrected chi connectivity index (χ2v) is 8.63. The van der Waals surface area contributed by atoms with Crippen LogP contribution in [-0.4, -0.2) is 12.5 Å². The van der Waals surface area contributed by atoms with Gasteiger partial charge in [-0.3, -0.25) is 4.79 Å². The van der Waals surface area contributed by atoms with Crippen LogP contribution >= 0.6 is 23.2 Å². The van der Waals surface area contributed by atoms with Gasteiger partial charge in [-0.15, -0.1) is 0 Å². The molecule has 0 aliphatic rings. The lowest BCUT2D eigenvalue weighted by atomic mass is 10.1. The fraction of sp³-hybridized carbons (Fsp3) is 0.367. The third-order valence-corrected chi connectivity index (χ3v) is 5.45. The Hall–Kier alpha value is -2.29. The van der Waals surface area contributed by atoms with Crippen LogP contribution in [-0.2, 0) is 11.2 Å². The molecule has 0 fully saturated rings. The van der Waals surface area contributed by atoms with E-state index in [4.69, 9.17) is 23.2 Å². The lowest BCUT2D eigenvalue weighted by Gasteiger charge is -2.06. The van der Waals surface area contributed by atoms with Crippen LogP contribution in [0.15, 0.2) is 91.1 Å². The maximum absolute atomic E-state index is 11.9. The maximum Gasteiger partial charge on any atom is 0.220 e. The molecule has 0 bridgehead atoms. The van der Waals surface area contributed by atoms with Crippen molar-refractivity contribution < 1.29 is 4.79 Å². The fourth-order valence-corrected chi connectivity index (χ4v) is 3.51. The van der Waals surface area contributed by atoms with Crippen molar-refractivity contribution in [3.05, 3.63) is 107 Å². The zero-order valence-electron chi connectivity index (χ0n) is 20.4. The third kappa shape index (κ3) is 17.2. The normalized spacial score (nSPS) is 12.6. The van der Waals surface area contributed by atoms with E-state index in [0.29, 0.717) is 29.4 Å². The molecular weight excluding hydrogens is 461 g/mol. The molecule has 2 nitrogen and oxygen atoms in total. The van der Waals surface area contributed by atoms with E-state index in [-0.39, 0.29) is 5.91 Å². The summed E-state index contributed by atoms with van der Waals surface area (Å²) in [5.74, 6) is 0.0598. The molecular formula is C30H39Cl2NO. The van der Waals surface area contributed by atoms with E-state index in [1.165, 1.54) is 0 Å². The molecule has 184 valence electrons. The lowest BCUT2D eigenvalue weighted by Crippen LogP contribution is -2.25. The predicted molar refractivity (Wildman–Crippen MR) is 151 cm³/mol. The monoisotopic (exact) mass is 499 g/mol. The van der Waals surface area contributed by atoms with E-state index in [1.807, 2.05) is 12.1 Å². The molecule has 0 aromatic heterocycles. The number of allylic oxidation sites excluding steroid dienone is 12. The molecule has 0 radical (unpaired) electrons. The zero-order valence-corrected chi connectivity index (χ0v) is 21.9. The smallest absolute Gasteiger partial charge is 0.220 e. The van der Waals surface area contributed by atoms with Crippen molar-refractivity contribution in [2.45, 2.75) is 64.7 Å². The highest BCUT2D eigenvalue weighted by Crippen LogP contribution is 2.21. The standard InChI is InChI=1S/C30H39Cl2NO/c1-2-3-4-5-6-7-8-9-10-11-12-13-14-15-16-17-18-19-20-21-30(34)33-25-24-27-22-23-28(31)26-29(27)32/h3-4,6-7,9-10,12-13,15-16,18-19,22-23,26H,2,5,8,11,14,17,20-21,24-25H2,1H3,(H,33,34). The molecule has 0 aliphatic heterocycles. The van der Waals surface area contributed by atoms with Gasteiger partial charge in [0.15, 0.2) is 0 Å². The Kier molecular flexibility index (Phi) is 18.6. The third-order valence-electron chi connectivity index (χ3n) is 4.87. The summed E-state index contributed by atoms with van der Waals surface area (Å²) in [5, 5.41) is 4.19. The number of nitrogens with one attached hydrogen (secondary N) is 1. The number of hydrogen-bond acceptors (Lipinski definition) is 1. The quantitative estimate of drug-likeness (QED) is 0.212. The number of halogens is 2. The van der Waals surface area contributed by atoms with Crippen LogP contribution in [0.25, 0.3) is 0 Å². The zero-order chi connectivity index (χ0) is 24.7. The summed E-state index contributed by atoms with van der Waals surface area (Å²) < 4.78 is 0. The van der Waals surface area contributed by atoms with Gasteiger partial charge in [0.2, 0.25) is 5.91 Å². The summed E-state index contributed by atoms with van der Waals surface area (Å²) >= 11 is 12.0. The molecule has 1 N–H and O–H groups in total. The largest absolute Gasteiger partial charge is 0.356 e. The van der Waals surface area contributed by atoms with E-state index in [9.17, 15) is 4.79 Å². The summed E-state index contributed by atoms with van der Waals surface area (Å²) in [7, 11) is 0. The topological polar surface area (TPSA) is 29.1 Å². The molecule has 1 rings (SSSR count). The number of benzene rings is 1. The summed E-state index contributed by atoms with van der Waals surface area (Å²) in [6.07, 6.45) is 34.0. The Balaban J connectivity index is 2.00. The first-order valence-corrected chi connectivity index (χ1v) is 13.0. The SMILES string of the molecule is CCC=CCC=CCC=CCC=CCC=CCC=CCCC(=O)NCCc1ccc(Cl)cc1Cl. The minimum atomic E-state index is 0.0598. The molecule has 1 aromatic rings. The highest BCUT2D eigenvalue weighted by Gasteiger charge is 2.03. The van der Waals surface area contributed by atoms with Crippen molar-refractivity contribution in [3.63, 3.8) is 0 Å². The molecule has 0 heterocycles. The predicted octanol–water partition coefficient (Wildman–Crippen LogP) is 9.13. The van der Waals surface area contributed by atoms with Crippen LogP contribution in [0.4, 0.5) is 0 Å². The Morgan fingerprint density at radius 3 is 1.76 bits per heavy atom. The molecule has 34 heavy (non-hydrogen) atoms. The van der Waals surface area contributed by atoms with E-state index in [0.717, 1.165) is 50.5 Å². The van der Waals surface area contributed by atoms with Crippen LogP contribution in [0, 0.1) is 0 Å². The van der Waals surface area contributed by atoms with Crippen molar-refractivity contribution in [3.8, 4) is 0 Å². The first-order chi connectivity index (χ1) is 16.6. The highest BCUT2D eigenvalue weighted by molar-refractivity contribution is 6.35. The molecule has 1 amide bonds. The Bertz CT molecular complexity index is 863. The Labute approximate surface area is 216 Å². The van der Waals surface area contributed by atoms with Gasteiger partial charge in [-0.1, -0.05) is 109 Å². The molecule has 0 unspecified atom stereocenters. The average molecular weight is 501 g/mol. The highest BCUT2D eigenvalue weighted by atomic mass is 35.5. The van der Waals surface area contributed by atoms with Crippen LogP contribution in [0.2, 0.25) is 10.0 Å². The number of hydrogen-bond donors (Lipinski definition) is 1. The summed E-state index contributed by atoms with van der Waals surface area (Å²) in [6.45, 7) is 2.73. The van der Waals surface area contributed by atoms with Crippen molar-refractivity contribution in [2.75, 3.05) is 6.54 Å². The van der Waals surface area contributed by atoms with Crippen LogP contribution in [0.1, 0.15) is 63.9 Å². The molecule has 4 heteroatoms. The van der Waals surface area contributed by atoms with E-state index in [1.54, 1.807) is 6.07 Å². The van der Waals surface area contributed by atoms with Gasteiger partial charge in [-0.2, -0.15) is 0 Å². The van der Waals surface area contributed by atoms with Gasteiger partial charge in [0, 0.05) is 23.0 Å². The molecule has 0 aliphatic carbocycles. The maximum atomic E-state index is 11.9. The lowest BCUT2D eigenvalue weighted by molar-refractivity contribution is -0.120. The number of rotatable bonds is 17. The van der Waals surface area contributed by atoms with Crippen LogP contribution in [0.5, 0.6) is 0 Å². The van der Waals surface area contributed by atoms with Gasteiger partial charge in [-0.25, -0.2) is 0 Å². The van der Waals surface area contributed by atoms with Gasteiger partial charge in [0.05, 0.1) is 0 Å². The second-order valence-electron chi connectivity index (χ2n) is 7.79. The van der Waals surface area contributed by atoms with Crippen molar-refractivity contribution >= 4 is 29.1 Å². The van der Waals surface area contributed by atoms with E-state index >= 15 is 0 Å². The molecule has 0 spiro atoms. The number of amides is 1. The average Bonchev–Trinajstić information content (AvgIpc) is 2.82. The van der Waals surface area contributed by atoms with Gasteiger partial charge < -0.3 is 5.32 Å². The van der Waals surface area contributed by atoms with Crippen molar-refractivity contribution in [1.29, 1.82) is 0 Å². The Morgan fingerprint density at radius 2 is 1.26 bits per heavy atom. The van der Waals surface area contributed by atoms with E-state index in [2.05, 4.69) is 85.2 Å². The molecule has 1 aromatic carbocycles. The first kappa shape index (κ1) is 29.7. The van der Waals surface area contributed by atoms with Crippen LogP contribution in [0.3, 0.4) is 0 Å². The van der Waals surface area contributed by atoms with Gasteiger partial charge >= 0.3 is 0 Å². The number of carbonyl (C=O) groups excluding carboxylic acids is 1. The minimum Gasteiger partial charge on any atom is -0.356 e. The fourth-order valence-electron chi connectivity index (χ4n) is 3.00. The minimum absolute atomic E-state index is 0.0598. The van der Waals surface area contributed by atoms with E-state index < -0.39 is 0 Å². The molecule has 0 atom stereocenters. The second kappa shape index (κ2) is 21.3. The van der Waals surface area contributed by atoms with Crippen molar-refractivity contribution in [2.24, 2.45) is 0 Å².